The average Bonchev–Trinajstić information content (AvgIpc) is 3.29. The number of rotatable bonds is 4. The van der Waals surface area contributed by atoms with Gasteiger partial charge in [0.2, 0.25) is 5.91 Å². The number of aromatic nitrogens is 3. The molecule has 4 heterocycles. The van der Waals surface area contributed by atoms with Crippen molar-refractivity contribution in [1.82, 2.24) is 19.9 Å². The molecule has 1 aliphatic heterocycles. The molecule has 0 fully saturated rings. The zero-order valence-electron chi connectivity index (χ0n) is 18.9. The van der Waals surface area contributed by atoms with Crippen LogP contribution in [0.4, 0.5) is 16.3 Å². The Kier molecular flexibility index (Phi) is 5.61. The molecule has 4 N–H and O–H groups in total. The predicted molar refractivity (Wildman–Crippen MR) is 126 cm³/mol. The van der Waals surface area contributed by atoms with Gasteiger partial charge in [0.05, 0.1) is 12.7 Å². The zero-order valence-corrected chi connectivity index (χ0v) is 19.7. The van der Waals surface area contributed by atoms with Gasteiger partial charge in [0.25, 0.3) is 5.56 Å². The van der Waals surface area contributed by atoms with Crippen molar-refractivity contribution in [3.63, 3.8) is 0 Å². The molecule has 0 saturated heterocycles. The smallest absolute Gasteiger partial charge is 0.413 e. The fraction of sp³-hybridized carbons (Fsp3) is 0.409. The highest BCUT2D eigenvalue weighted by atomic mass is 32.1. The molecule has 0 radical (unpaired) electrons. The molecule has 11 heteroatoms. The highest BCUT2D eigenvalue weighted by Crippen LogP contribution is 2.31. The summed E-state index contributed by atoms with van der Waals surface area (Å²) in [7, 11) is 0. The monoisotopic (exact) mass is 470 g/mol. The summed E-state index contributed by atoms with van der Waals surface area (Å²) in [6.45, 7) is 7.38. The third-order valence-electron chi connectivity index (χ3n) is 5.38. The van der Waals surface area contributed by atoms with Crippen LogP contribution in [-0.2, 0) is 28.0 Å². The van der Waals surface area contributed by atoms with E-state index in [-0.39, 0.29) is 11.6 Å². The van der Waals surface area contributed by atoms with E-state index in [2.05, 4.69) is 20.6 Å². The first-order chi connectivity index (χ1) is 15.5. The number of pyridine rings is 1. The minimum Gasteiger partial charge on any atom is -0.444 e. The second-order valence-corrected chi connectivity index (χ2v) is 10.3. The summed E-state index contributed by atoms with van der Waals surface area (Å²) in [6.07, 6.45) is 3.43. The summed E-state index contributed by atoms with van der Waals surface area (Å²) >= 11 is 1.48. The number of nitrogens with one attached hydrogen (secondary N) is 2. The topological polar surface area (TPSA) is 141 Å². The number of carbonyl (C=O) groups excluding carboxylic acids is 2. The normalized spacial score (nSPS) is 17.6. The van der Waals surface area contributed by atoms with Crippen molar-refractivity contribution < 1.29 is 14.3 Å². The maximum Gasteiger partial charge on any atom is 0.413 e. The van der Waals surface area contributed by atoms with Gasteiger partial charge in [-0.1, -0.05) is 0 Å². The number of hydrogen-bond acceptors (Lipinski definition) is 8. The molecule has 2 amide bonds. The average molecular weight is 471 g/mol. The number of amides is 2. The summed E-state index contributed by atoms with van der Waals surface area (Å²) in [5, 5.41) is 6.46. The number of ether oxygens (including phenoxy) is 1. The number of anilines is 2. The third kappa shape index (κ3) is 4.54. The van der Waals surface area contributed by atoms with Crippen LogP contribution >= 0.6 is 11.3 Å². The summed E-state index contributed by atoms with van der Waals surface area (Å²) < 4.78 is 7.56. The summed E-state index contributed by atoms with van der Waals surface area (Å²) in [4.78, 5) is 46.9. The van der Waals surface area contributed by atoms with E-state index in [1.807, 2.05) is 6.07 Å². The molecule has 1 aliphatic rings. The van der Waals surface area contributed by atoms with E-state index in [4.69, 9.17) is 10.5 Å². The van der Waals surface area contributed by atoms with Crippen molar-refractivity contribution in [3.05, 3.63) is 45.6 Å². The first-order valence-corrected chi connectivity index (χ1v) is 11.3. The van der Waals surface area contributed by atoms with Crippen molar-refractivity contribution in [3.8, 4) is 0 Å². The van der Waals surface area contributed by atoms with Crippen molar-refractivity contribution in [2.75, 3.05) is 11.1 Å². The lowest BCUT2D eigenvalue weighted by Gasteiger charge is -2.25. The van der Waals surface area contributed by atoms with Crippen LogP contribution in [0.25, 0.3) is 10.1 Å². The molecule has 0 bridgehead atoms. The van der Waals surface area contributed by atoms with Crippen LogP contribution in [0.3, 0.4) is 0 Å². The number of nitrogens with zero attached hydrogens (tertiary/aromatic N) is 3. The Hall–Kier alpha value is -3.47. The number of hydrogen-bond donors (Lipinski definition) is 3. The quantitative estimate of drug-likeness (QED) is 0.532. The fourth-order valence-electron chi connectivity index (χ4n) is 3.78. The SMILES string of the molecule is CC(C)(C)OC(=O)Nc1cc2sc(CNC(=O)C3(C)CCc4ncc(N)c(=O)n43)cc2cn1. The minimum atomic E-state index is -1.04. The molecule has 3 aromatic rings. The van der Waals surface area contributed by atoms with Crippen molar-refractivity contribution >= 4 is 44.9 Å². The standard InChI is InChI=1S/C22H26N6O4S/c1-21(2,3)32-20(31)27-16-8-15-12(9-24-16)7-13(33-15)10-26-19(30)22(4)6-5-17-25-11-14(23)18(29)28(17)22/h7-9,11H,5-6,10,23H2,1-4H3,(H,26,30)(H,24,27,31). The van der Waals surface area contributed by atoms with Crippen molar-refractivity contribution in [2.24, 2.45) is 0 Å². The number of nitrogen functional groups attached to an aromatic ring is 1. The first-order valence-electron chi connectivity index (χ1n) is 10.5. The molecule has 0 aliphatic carbocycles. The largest absolute Gasteiger partial charge is 0.444 e. The molecule has 1 atom stereocenters. The van der Waals surface area contributed by atoms with Crippen LogP contribution in [0.15, 0.2) is 29.3 Å². The van der Waals surface area contributed by atoms with Crippen LogP contribution in [0.5, 0.6) is 0 Å². The van der Waals surface area contributed by atoms with E-state index in [0.717, 1.165) is 15.0 Å². The molecule has 1 unspecified atom stereocenters. The van der Waals surface area contributed by atoms with Gasteiger partial charge >= 0.3 is 6.09 Å². The van der Waals surface area contributed by atoms with Crippen LogP contribution in [-0.4, -0.2) is 32.1 Å². The Morgan fingerprint density at radius 2 is 2.03 bits per heavy atom. The Bertz CT molecular complexity index is 1310. The van der Waals surface area contributed by atoms with Gasteiger partial charge in [0.1, 0.15) is 28.5 Å². The van der Waals surface area contributed by atoms with Gasteiger partial charge < -0.3 is 15.8 Å². The molecule has 33 heavy (non-hydrogen) atoms. The van der Waals surface area contributed by atoms with Gasteiger partial charge in [0, 0.05) is 27.6 Å². The molecule has 10 nitrogen and oxygen atoms in total. The highest BCUT2D eigenvalue weighted by Gasteiger charge is 2.42. The summed E-state index contributed by atoms with van der Waals surface area (Å²) in [5.74, 6) is 0.678. The second-order valence-electron chi connectivity index (χ2n) is 9.17. The van der Waals surface area contributed by atoms with E-state index in [1.54, 1.807) is 40.0 Å². The fourth-order valence-corrected chi connectivity index (χ4v) is 4.79. The molecule has 3 aromatic heterocycles. The van der Waals surface area contributed by atoms with Crippen LogP contribution in [0.1, 0.15) is 44.8 Å². The zero-order chi connectivity index (χ0) is 24.0. The molecule has 0 spiro atoms. The summed E-state index contributed by atoms with van der Waals surface area (Å²) in [6, 6.07) is 3.69. The first kappa shape index (κ1) is 22.7. The number of fused-ring (bicyclic) bond motifs is 2. The molecule has 4 rings (SSSR count). The van der Waals surface area contributed by atoms with Gasteiger partial charge in [-0.15, -0.1) is 11.3 Å². The van der Waals surface area contributed by atoms with Gasteiger partial charge in [-0.25, -0.2) is 14.8 Å². The second kappa shape index (κ2) is 8.14. The molecular formula is C22H26N6O4S. The predicted octanol–water partition coefficient (Wildman–Crippen LogP) is 2.76. The Balaban J connectivity index is 1.46. The molecule has 0 aromatic carbocycles. The lowest BCUT2D eigenvalue weighted by molar-refractivity contribution is -0.129. The number of nitrogens with two attached hydrogens (primary N) is 1. The van der Waals surface area contributed by atoms with Crippen molar-refractivity contribution in [1.29, 1.82) is 0 Å². The minimum absolute atomic E-state index is 0.0208. The van der Waals surface area contributed by atoms with Crippen LogP contribution in [0.2, 0.25) is 0 Å². The molecule has 174 valence electrons. The Morgan fingerprint density at radius 3 is 2.76 bits per heavy atom. The van der Waals surface area contributed by atoms with E-state index < -0.39 is 22.8 Å². The van der Waals surface area contributed by atoms with Crippen molar-refractivity contribution in [2.45, 2.75) is 58.2 Å². The number of aryl methyl sites for hydroxylation is 1. The maximum atomic E-state index is 13.1. The van der Waals surface area contributed by atoms with Crippen LogP contribution < -0.4 is 21.9 Å². The van der Waals surface area contributed by atoms with Crippen LogP contribution in [0, 0.1) is 0 Å². The van der Waals surface area contributed by atoms with Gasteiger partial charge in [-0.3, -0.25) is 19.5 Å². The van der Waals surface area contributed by atoms with E-state index in [9.17, 15) is 14.4 Å². The van der Waals surface area contributed by atoms with E-state index in [1.165, 1.54) is 22.1 Å². The maximum absolute atomic E-state index is 13.1. The summed E-state index contributed by atoms with van der Waals surface area (Å²) in [5.41, 5.74) is 3.70. The Labute approximate surface area is 194 Å². The van der Waals surface area contributed by atoms with Gasteiger partial charge in [-0.2, -0.15) is 0 Å². The van der Waals surface area contributed by atoms with Gasteiger partial charge in [-0.05, 0) is 46.2 Å². The number of carbonyl (C=O) groups is 2. The highest BCUT2D eigenvalue weighted by molar-refractivity contribution is 7.19. The Morgan fingerprint density at radius 1 is 1.27 bits per heavy atom. The molecular weight excluding hydrogens is 444 g/mol. The van der Waals surface area contributed by atoms with Gasteiger partial charge in [0.15, 0.2) is 0 Å². The third-order valence-corrected chi connectivity index (χ3v) is 6.48. The number of thiophene rings is 1. The van der Waals surface area contributed by atoms with E-state index >= 15 is 0 Å². The lowest BCUT2D eigenvalue weighted by Crippen LogP contribution is -2.48. The molecule has 0 saturated carbocycles. The lowest BCUT2D eigenvalue weighted by atomic mass is 9.98. The van der Waals surface area contributed by atoms with E-state index in [0.29, 0.717) is 31.0 Å².